The number of hydrogen-bond donors (Lipinski definition) is 0. The first kappa shape index (κ1) is 11.9. The van der Waals surface area contributed by atoms with Gasteiger partial charge in [0, 0.05) is 12.0 Å². The number of sulfone groups is 1. The molecule has 0 saturated heterocycles. The zero-order valence-corrected chi connectivity index (χ0v) is 9.15. The summed E-state index contributed by atoms with van der Waals surface area (Å²) in [6.07, 6.45) is 5.54. The fourth-order valence-corrected chi connectivity index (χ4v) is 1.82. The van der Waals surface area contributed by atoms with Gasteiger partial charge in [-0.1, -0.05) is 33.1 Å². The molecule has 74 valence electrons. The van der Waals surface area contributed by atoms with Crippen molar-refractivity contribution in [3.63, 3.8) is 0 Å². The van der Waals surface area contributed by atoms with Gasteiger partial charge >= 0.3 is 0 Å². The third-order valence-corrected chi connectivity index (χ3v) is 2.83. The van der Waals surface area contributed by atoms with Crippen LogP contribution in [0.5, 0.6) is 0 Å². The van der Waals surface area contributed by atoms with Gasteiger partial charge < -0.3 is 0 Å². The molecule has 0 N–H and O–H groups in total. The Morgan fingerprint density at radius 1 is 1.08 bits per heavy atom. The zero-order valence-electron chi connectivity index (χ0n) is 8.34. The van der Waals surface area contributed by atoms with Gasteiger partial charge in [-0.25, -0.2) is 8.42 Å². The molecule has 0 heterocycles. The van der Waals surface area contributed by atoms with Gasteiger partial charge in [0.15, 0.2) is 0 Å². The van der Waals surface area contributed by atoms with Crippen molar-refractivity contribution in [1.29, 1.82) is 0 Å². The van der Waals surface area contributed by atoms with Crippen molar-refractivity contribution in [1.82, 2.24) is 0 Å². The van der Waals surface area contributed by atoms with E-state index in [1.54, 1.807) is 0 Å². The van der Waals surface area contributed by atoms with E-state index in [-0.39, 0.29) is 0 Å². The average molecular weight is 192 g/mol. The van der Waals surface area contributed by atoms with Crippen LogP contribution in [0, 0.1) is 5.92 Å². The molecule has 0 atom stereocenters. The van der Waals surface area contributed by atoms with Crippen LogP contribution < -0.4 is 0 Å². The van der Waals surface area contributed by atoms with Crippen molar-refractivity contribution in [2.24, 2.45) is 5.92 Å². The van der Waals surface area contributed by atoms with Crippen LogP contribution >= 0.6 is 0 Å². The highest BCUT2D eigenvalue weighted by Gasteiger charge is 2.01. The highest BCUT2D eigenvalue weighted by Crippen LogP contribution is 2.08. The van der Waals surface area contributed by atoms with Crippen molar-refractivity contribution in [2.75, 3.05) is 12.0 Å². The molecule has 0 aliphatic rings. The molecule has 0 rings (SSSR count). The summed E-state index contributed by atoms with van der Waals surface area (Å²) in [7, 11) is -2.72. The number of unbranched alkanes of at least 4 members (excludes halogenated alkanes) is 2. The second-order valence-corrected chi connectivity index (χ2v) is 6.13. The van der Waals surface area contributed by atoms with Gasteiger partial charge in [-0.15, -0.1) is 0 Å². The third kappa shape index (κ3) is 9.95. The Hall–Kier alpha value is -0.0500. The first-order chi connectivity index (χ1) is 5.42. The Balaban J connectivity index is 3.23. The van der Waals surface area contributed by atoms with Crippen LogP contribution in [0.15, 0.2) is 0 Å². The third-order valence-electron chi connectivity index (χ3n) is 1.80. The van der Waals surface area contributed by atoms with Crippen LogP contribution in [0.2, 0.25) is 0 Å². The summed E-state index contributed by atoms with van der Waals surface area (Å²) in [4.78, 5) is 0. The van der Waals surface area contributed by atoms with E-state index >= 15 is 0 Å². The molecule has 12 heavy (non-hydrogen) atoms. The average Bonchev–Trinajstić information content (AvgIpc) is 1.83. The lowest BCUT2D eigenvalue weighted by molar-refractivity contribution is 0.532. The molecule has 0 fully saturated rings. The van der Waals surface area contributed by atoms with Gasteiger partial charge in [-0.2, -0.15) is 0 Å². The summed E-state index contributed by atoms with van der Waals surface area (Å²) in [5, 5.41) is 0. The Morgan fingerprint density at radius 2 is 1.67 bits per heavy atom. The van der Waals surface area contributed by atoms with E-state index < -0.39 is 9.84 Å². The molecule has 2 nitrogen and oxygen atoms in total. The van der Waals surface area contributed by atoms with Crippen molar-refractivity contribution < 1.29 is 8.42 Å². The summed E-state index contributed by atoms with van der Waals surface area (Å²) in [6, 6.07) is 0. The molecular formula is C9H20O2S. The van der Waals surface area contributed by atoms with Crippen LogP contribution in [-0.4, -0.2) is 20.4 Å². The van der Waals surface area contributed by atoms with Gasteiger partial charge in [0.2, 0.25) is 0 Å². The normalized spacial score (nSPS) is 12.3. The largest absolute Gasteiger partial charge is 0.229 e. The minimum atomic E-state index is -2.72. The molecule has 0 aliphatic heterocycles. The van der Waals surface area contributed by atoms with Crippen LogP contribution in [0.25, 0.3) is 0 Å². The van der Waals surface area contributed by atoms with E-state index in [4.69, 9.17) is 0 Å². The minimum absolute atomic E-state index is 0.352. The van der Waals surface area contributed by atoms with E-state index in [1.807, 2.05) is 0 Å². The van der Waals surface area contributed by atoms with Crippen LogP contribution in [0.3, 0.4) is 0 Å². The monoisotopic (exact) mass is 192 g/mol. The molecular weight excluding hydrogens is 172 g/mol. The van der Waals surface area contributed by atoms with Crippen molar-refractivity contribution in [3.8, 4) is 0 Å². The van der Waals surface area contributed by atoms with Gasteiger partial charge in [0.05, 0.1) is 0 Å². The fraction of sp³-hybridized carbons (Fsp3) is 1.00. The zero-order chi connectivity index (χ0) is 9.61. The van der Waals surface area contributed by atoms with Crippen LogP contribution in [-0.2, 0) is 9.84 Å². The molecule has 0 aromatic rings. The highest BCUT2D eigenvalue weighted by atomic mass is 32.2. The minimum Gasteiger partial charge on any atom is -0.229 e. The molecule has 3 heteroatoms. The first-order valence-corrected chi connectivity index (χ1v) is 6.65. The molecule has 0 amide bonds. The summed E-state index contributed by atoms with van der Waals surface area (Å²) in [5.74, 6) is 1.09. The summed E-state index contributed by atoms with van der Waals surface area (Å²) >= 11 is 0. The number of rotatable bonds is 6. The summed E-state index contributed by atoms with van der Waals surface area (Å²) in [5.41, 5.74) is 0. The predicted octanol–water partition coefficient (Wildman–Crippen LogP) is 2.25. The molecule has 0 unspecified atom stereocenters. The van der Waals surface area contributed by atoms with E-state index in [0.29, 0.717) is 5.75 Å². The maximum Gasteiger partial charge on any atom is 0.147 e. The molecule has 0 aromatic heterocycles. The van der Waals surface area contributed by atoms with E-state index in [9.17, 15) is 8.42 Å². The van der Waals surface area contributed by atoms with Crippen LogP contribution in [0.4, 0.5) is 0 Å². The molecule has 0 radical (unpaired) electrons. The summed E-state index contributed by atoms with van der Waals surface area (Å²) < 4.78 is 21.5. The Kier molecular flexibility index (Phi) is 5.55. The lowest BCUT2D eigenvalue weighted by Gasteiger charge is -2.03. The maximum atomic E-state index is 10.7. The second-order valence-electron chi connectivity index (χ2n) is 3.87. The quantitative estimate of drug-likeness (QED) is 0.605. The van der Waals surface area contributed by atoms with Crippen molar-refractivity contribution >= 4 is 9.84 Å². The molecule has 0 spiro atoms. The lowest BCUT2D eigenvalue weighted by Crippen LogP contribution is -2.02. The molecule has 0 bridgehead atoms. The Morgan fingerprint density at radius 3 is 2.08 bits per heavy atom. The number of hydrogen-bond acceptors (Lipinski definition) is 2. The lowest BCUT2D eigenvalue weighted by atomic mass is 10.1. The highest BCUT2D eigenvalue weighted by molar-refractivity contribution is 7.90. The summed E-state index contributed by atoms with van der Waals surface area (Å²) in [6.45, 7) is 4.38. The van der Waals surface area contributed by atoms with E-state index in [1.165, 1.54) is 12.7 Å². The standard InChI is InChI=1S/C9H20O2S/c1-9(2)7-5-4-6-8-12(3,10)11/h9H,4-8H2,1-3H3. The van der Waals surface area contributed by atoms with Gasteiger partial charge in [0.25, 0.3) is 0 Å². The predicted molar refractivity (Wildman–Crippen MR) is 53.0 cm³/mol. The molecule has 0 aliphatic carbocycles. The van der Waals surface area contributed by atoms with Crippen LogP contribution in [0.1, 0.15) is 39.5 Å². The van der Waals surface area contributed by atoms with Crippen molar-refractivity contribution in [2.45, 2.75) is 39.5 Å². The molecule has 0 aromatic carbocycles. The van der Waals surface area contributed by atoms with Gasteiger partial charge in [-0.3, -0.25) is 0 Å². The fourth-order valence-electron chi connectivity index (χ4n) is 1.09. The van der Waals surface area contributed by atoms with Gasteiger partial charge in [0.1, 0.15) is 9.84 Å². The van der Waals surface area contributed by atoms with E-state index in [2.05, 4.69) is 13.8 Å². The maximum absolute atomic E-state index is 10.7. The smallest absolute Gasteiger partial charge is 0.147 e. The van der Waals surface area contributed by atoms with E-state index in [0.717, 1.165) is 25.2 Å². The van der Waals surface area contributed by atoms with Crippen molar-refractivity contribution in [3.05, 3.63) is 0 Å². The SMILES string of the molecule is CC(C)CCCCCS(C)(=O)=O. The second kappa shape index (κ2) is 5.57. The molecule has 0 saturated carbocycles. The Labute approximate surface area is 76.3 Å². The Bertz CT molecular complexity index is 193. The first-order valence-electron chi connectivity index (χ1n) is 4.59. The van der Waals surface area contributed by atoms with Gasteiger partial charge in [-0.05, 0) is 12.3 Å². The topological polar surface area (TPSA) is 34.1 Å².